The fraction of sp³-hybridized carbons (Fsp3) is 0.750. The third kappa shape index (κ3) is 7.92. The summed E-state index contributed by atoms with van der Waals surface area (Å²) in [6.45, 7) is 6.44. The van der Waals surface area contributed by atoms with Crippen molar-refractivity contribution in [2.75, 3.05) is 26.2 Å². The van der Waals surface area contributed by atoms with Gasteiger partial charge in [-0.2, -0.15) is 0 Å². The fourth-order valence-electron chi connectivity index (χ4n) is 3.59. The number of nitrogens with one attached hydrogen (secondary N) is 2. The highest BCUT2D eigenvalue weighted by atomic mass is 16.6. The second-order valence-corrected chi connectivity index (χ2v) is 8.68. The number of rotatable bonds is 6. The van der Waals surface area contributed by atoms with Crippen LogP contribution in [0.2, 0.25) is 0 Å². The summed E-state index contributed by atoms with van der Waals surface area (Å²) in [6, 6.07) is -0.457. The molecule has 1 heterocycles. The molecule has 29 heavy (non-hydrogen) atoms. The molecule has 2 rings (SSSR count). The van der Waals surface area contributed by atoms with Crippen molar-refractivity contribution in [1.29, 1.82) is 0 Å². The molecule has 1 saturated heterocycles. The van der Waals surface area contributed by atoms with E-state index in [1.165, 1.54) is 16.9 Å². The van der Waals surface area contributed by atoms with Gasteiger partial charge in [0.25, 0.3) is 5.91 Å². The minimum absolute atomic E-state index is 0.191. The molecule has 1 aliphatic carbocycles. The van der Waals surface area contributed by atoms with E-state index >= 15 is 0 Å². The Hall–Kier alpha value is -2.29. The van der Waals surface area contributed by atoms with Crippen LogP contribution in [0, 0.1) is 0 Å². The summed E-state index contributed by atoms with van der Waals surface area (Å²) >= 11 is 0. The Kier molecular flexibility index (Phi) is 8.31. The Morgan fingerprint density at radius 2 is 2.07 bits per heavy atom. The fourth-order valence-corrected chi connectivity index (χ4v) is 3.59. The summed E-state index contributed by atoms with van der Waals surface area (Å²) in [5.41, 5.74) is 2.32. The summed E-state index contributed by atoms with van der Waals surface area (Å²) in [7, 11) is 0. The number of amides is 4. The van der Waals surface area contributed by atoms with Gasteiger partial charge in [0.05, 0.1) is 6.04 Å². The van der Waals surface area contributed by atoms with Crippen LogP contribution in [0.25, 0.3) is 0 Å². The topological polar surface area (TPSA) is 111 Å². The van der Waals surface area contributed by atoms with Crippen LogP contribution in [0.3, 0.4) is 0 Å². The van der Waals surface area contributed by atoms with Crippen LogP contribution in [0.5, 0.6) is 0 Å². The van der Waals surface area contributed by atoms with E-state index in [4.69, 9.17) is 9.94 Å². The molecule has 2 aliphatic rings. The van der Waals surface area contributed by atoms with E-state index in [1.807, 2.05) is 0 Å². The predicted molar refractivity (Wildman–Crippen MR) is 107 cm³/mol. The first kappa shape index (κ1) is 23.0. The molecule has 3 N–H and O–H groups in total. The van der Waals surface area contributed by atoms with Crippen molar-refractivity contribution in [3.05, 3.63) is 11.6 Å². The minimum Gasteiger partial charge on any atom is -0.444 e. The highest BCUT2D eigenvalue weighted by Gasteiger charge is 2.32. The first-order valence-corrected chi connectivity index (χ1v) is 10.3. The molecule has 1 fully saturated rings. The minimum atomic E-state index is -0.626. The van der Waals surface area contributed by atoms with Crippen LogP contribution in [0.1, 0.15) is 59.3 Å². The molecule has 0 aromatic heterocycles. The molecule has 164 valence electrons. The highest BCUT2D eigenvalue weighted by Crippen LogP contribution is 2.21. The van der Waals surface area contributed by atoms with Gasteiger partial charge in [-0.05, 0) is 59.3 Å². The van der Waals surface area contributed by atoms with Gasteiger partial charge in [-0.3, -0.25) is 10.0 Å². The number of carbonyl (C=O) groups is 3. The monoisotopic (exact) mass is 410 g/mol. The lowest BCUT2D eigenvalue weighted by atomic mass is 9.97. The van der Waals surface area contributed by atoms with Crippen molar-refractivity contribution in [2.45, 2.75) is 70.9 Å². The van der Waals surface area contributed by atoms with Crippen molar-refractivity contribution in [3.8, 4) is 0 Å². The zero-order chi connectivity index (χ0) is 21.4. The molecule has 4 amide bonds. The SMILES string of the molecule is CC(C)(C)OC(=O)NC1CCN(C(=O)N(CCC2=CCCCC2)CC(=O)NO)C1. The highest BCUT2D eigenvalue weighted by molar-refractivity contribution is 5.83. The molecular formula is C20H34N4O5. The Bertz CT molecular complexity index is 629. The van der Waals surface area contributed by atoms with Crippen LogP contribution in [0.15, 0.2) is 11.6 Å². The van der Waals surface area contributed by atoms with Crippen molar-refractivity contribution in [2.24, 2.45) is 0 Å². The smallest absolute Gasteiger partial charge is 0.407 e. The zero-order valence-electron chi connectivity index (χ0n) is 17.7. The van der Waals surface area contributed by atoms with E-state index in [0.29, 0.717) is 26.1 Å². The molecule has 9 heteroatoms. The molecule has 0 aromatic rings. The average molecular weight is 411 g/mol. The standard InChI is InChI=1S/C20H34N4O5/c1-20(2,3)29-18(26)21-16-10-12-23(13-16)19(27)24(14-17(25)22-28)11-9-15-7-5-4-6-8-15/h7,16,28H,4-6,8-14H2,1-3H3,(H,21,26)(H,22,25). The normalized spacial score (nSPS) is 19.4. The molecule has 0 bridgehead atoms. The molecule has 0 saturated carbocycles. The van der Waals surface area contributed by atoms with Crippen LogP contribution in [-0.4, -0.2) is 70.9 Å². The number of ether oxygens (including phenoxy) is 1. The van der Waals surface area contributed by atoms with Crippen molar-refractivity contribution >= 4 is 18.0 Å². The van der Waals surface area contributed by atoms with E-state index in [0.717, 1.165) is 25.7 Å². The predicted octanol–water partition coefficient (Wildman–Crippen LogP) is 2.40. The molecule has 0 aromatic carbocycles. The van der Waals surface area contributed by atoms with E-state index in [-0.39, 0.29) is 18.6 Å². The maximum absolute atomic E-state index is 13.0. The van der Waals surface area contributed by atoms with Gasteiger partial charge in [-0.15, -0.1) is 0 Å². The first-order chi connectivity index (χ1) is 13.7. The van der Waals surface area contributed by atoms with Crippen LogP contribution < -0.4 is 10.8 Å². The van der Waals surface area contributed by atoms with Crippen LogP contribution >= 0.6 is 0 Å². The lowest BCUT2D eigenvalue weighted by Crippen LogP contribution is -2.48. The Morgan fingerprint density at radius 1 is 1.31 bits per heavy atom. The Balaban J connectivity index is 1.91. The molecule has 1 aliphatic heterocycles. The summed E-state index contributed by atoms with van der Waals surface area (Å²) in [5.74, 6) is -0.626. The largest absolute Gasteiger partial charge is 0.444 e. The van der Waals surface area contributed by atoms with Crippen LogP contribution in [0.4, 0.5) is 9.59 Å². The van der Waals surface area contributed by atoms with E-state index in [1.54, 1.807) is 31.2 Å². The number of hydroxylamine groups is 1. The van der Waals surface area contributed by atoms with Crippen LogP contribution in [-0.2, 0) is 9.53 Å². The molecule has 9 nitrogen and oxygen atoms in total. The third-order valence-electron chi connectivity index (χ3n) is 5.00. The maximum atomic E-state index is 13.0. The summed E-state index contributed by atoms with van der Waals surface area (Å²) in [5, 5.41) is 11.7. The van der Waals surface area contributed by atoms with Gasteiger partial charge >= 0.3 is 12.1 Å². The van der Waals surface area contributed by atoms with Gasteiger partial charge in [0.2, 0.25) is 0 Å². The van der Waals surface area contributed by atoms with E-state index in [9.17, 15) is 14.4 Å². The third-order valence-corrected chi connectivity index (χ3v) is 5.00. The molecule has 1 unspecified atom stereocenters. The number of carbonyl (C=O) groups excluding carboxylic acids is 3. The number of allylic oxidation sites excluding steroid dienone is 1. The van der Waals surface area contributed by atoms with E-state index in [2.05, 4.69) is 11.4 Å². The quantitative estimate of drug-likeness (QED) is 0.354. The first-order valence-electron chi connectivity index (χ1n) is 10.3. The summed E-state index contributed by atoms with van der Waals surface area (Å²) in [6.07, 6.45) is 7.49. The number of nitrogens with zero attached hydrogens (tertiary/aromatic N) is 2. The number of urea groups is 1. The van der Waals surface area contributed by atoms with Gasteiger partial charge in [-0.25, -0.2) is 15.1 Å². The zero-order valence-corrected chi connectivity index (χ0v) is 17.7. The molecule has 0 spiro atoms. The number of hydrogen-bond donors (Lipinski definition) is 3. The summed E-state index contributed by atoms with van der Waals surface area (Å²) in [4.78, 5) is 39.7. The molecule has 0 radical (unpaired) electrons. The number of alkyl carbamates (subject to hydrolysis) is 1. The number of hydrogen-bond acceptors (Lipinski definition) is 5. The van der Waals surface area contributed by atoms with Gasteiger partial charge in [0.15, 0.2) is 0 Å². The lowest BCUT2D eigenvalue weighted by molar-refractivity contribution is -0.129. The van der Waals surface area contributed by atoms with Gasteiger partial charge in [0, 0.05) is 19.6 Å². The van der Waals surface area contributed by atoms with Crippen molar-refractivity contribution in [3.63, 3.8) is 0 Å². The Morgan fingerprint density at radius 3 is 2.69 bits per heavy atom. The second-order valence-electron chi connectivity index (χ2n) is 8.68. The lowest BCUT2D eigenvalue weighted by Gasteiger charge is -2.28. The Labute approximate surface area is 172 Å². The van der Waals surface area contributed by atoms with Gasteiger partial charge in [0.1, 0.15) is 12.1 Å². The second kappa shape index (κ2) is 10.5. The van der Waals surface area contributed by atoms with Gasteiger partial charge < -0.3 is 19.9 Å². The van der Waals surface area contributed by atoms with Gasteiger partial charge in [-0.1, -0.05) is 11.6 Å². The van der Waals surface area contributed by atoms with Crippen molar-refractivity contribution < 1.29 is 24.3 Å². The van der Waals surface area contributed by atoms with E-state index < -0.39 is 17.6 Å². The summed E-state index contributed by atoms with van der Waals surface area (Å²) < 4.78 is 5.26. The molecular weight excluding hydrogens is 376 g/mol. The average Bonchev–Trinajstić information content (AvgIpc) is 3.11. The van der Waals surface area contributed by atoms with Crippen molar-refractivity contribution in [1.82, 2.24) is 20.6 Å². The maximum Gasteiger partial charge on any atom is 0.407 e. The number of likely N-dealkylation sites (tertiary alicyclic amines) is 1. The molecule has 1 atom stereocenters.